The van der Waals surface area contributed by atoms with Crippen LogP contribution in [0.1, 0.15) is 40.5 Å². The number of ether oxygens (including phenoxy) is 1. The van der Waals surface area contributed by atoms with E-state index in [-0.39, 0.29) is 12.8 Å². The van der Waals surface area contributed by atoms with Gasteiger partial charge in [0.2, 0.25) is 0 Å². The van der Waals surface area contributed by atoms with Gasteiger partial charge in [-0.3, -0.25) is 4.79 Å². The summed E-state index contributed by atoms with van der Waals surface area (Å²) in [6, 6.07) is 0. The van der Waals surface area contributed by atoms with E-state index >= 15 is 0 Å². The van der Waals surface area contributed by atoms with Crippen molar-refractivity contribution in [2.75, 3.05) is 7.11 Å². The summed E-state index contributed by atoms with van der Waals surface area (Å²) in [4.78, 5) is 11.4. The minimum Gasteiger partial charge on any atom is -0.469 e. The molecule has 0 aromatic heterocycles. The Morgan fingerprint density at radius 1 is 1.19 bits per heavy atom. The molecule has 0 saturated heterocycles. The Morgan fingerprint density at radius 3 is 1.88 bits per heavy atom. The molecule has 0 bridgehead atoms. The molecule has 0 fully saturated rings. The summed E-state index contributed by atoms with van der Waals surface area (Å²) in [7, 11) is 1.18. The van der Waals surface area contributed by atoms with E-state index in [9.17, 15) is 18.0 Å². The summed E-state index contributed by atoms with van der Waals surface area (Å²) < 4.78 is 43.1. The number of halogens is 3. The second-order valence-electron chi connectivity index (χ2n) is 4.96. The molecule has 0 spiro atoms. The molecular formula is C11H19F3O2. The molecule has 0 heterocycles. The molecule has 2 nitrogen and oxygen atoms in total. The molecule has 0 amide bonds. The maximum Gasteiger partial charge on any atom is 0.394 e. The Hall–Kier alpha value is -0.740. The van der Waals surface area contributed by atoms with Crippen LogP contribution in [0.4, 0.5) is 13.2 Å². The molecule has 0 aromatic carbocycles. The van der Waals surface area contributed by atoms with Gasteiger partial charge in [-0.1, -0.05) is 13.8 Å². The average molecular weight is 240 g/mol. The molecule has 0 aliphatic carbocycles. The Kier molecular flexibility index (Phi) is 4.42. The van der Waals surface area contributed by atoms with E-state index in [1.807, 2.05) is 0 Å². The number of alkyl halides is 3. The summed E-state index contributed by atoms with van der Waals surface area (Å²) >= 11 is 0. The second kappa shape index (κ2) is 4.63. The molecule has 0 aliphatic heterocycles. The lowest BCUT2D eigenvalue weighted by atomic mass is 9.72. The summed E-state index contributed by atoms with van der Waals surface area (Å²) in [6.07, 6.45) is -4.64. The Bertz CT molecular complexity index is 258. The molecule has 96 valence electrons. The standard InChI is InChI=1S/C11H19F3O2/c1-6-10(4,11(12,13)14)7-9(2,3)8(15)16-5/h6-7H2,1-5H3. The lowest BCUT2D eigenvalue weighted by Gasteiger charge is -2.36. The fourth-order valence-electron chi connectivity index (χ4n) is 1.75. The van der Waals surface area contributed by atoms with Crippen molar-refractivity contribution in [3.8, 4) is 0 Å². The summed E-state index contributed by atoms with van der Waals surface area (Å²) in [6.45, 7) is 5.55. The molecule has 1 unspecified atom stereocenters. The van der Waals surface area contributed by atoms with Crippen LogP contribution in [0.2, 0.25) is 0 Å². The predicted molar refractivity (Wildman–Crippen MR) is 54.9 cm³/mol. The normalized spacial score (nSPS) is 16.8. The zero-order valence-electron chi connectivity index (χ0n) is 10.4. The lowest BCUT2D eigenvalue weighted by Crippen LogP contribution is -2.41. The third kappa shape index (κ3) is 3.12. The van der Waals surface area contributed by atoms with Gasteiger partial charge >= 0.3 is 12.1 Å². The number of carbonyl (C=O) groups is 1. The van der Waals surface area contributed by atoms with Crippen molar-refractivity contribution in [2.24, 2.45) is 10.8 Å². The van der Waals surface area contributed by atoms with Crippen LogP contribution in [0.25, 0.3) is 0 Å². The van der Waals surface area contributed by atoms with Crippen LogP contribution < -0.4 is 0 Å². The Morgan fingerprint density at radius 2 is 1.62 bits per heavy atom. The zero-order valence-corrected chi connectivity index (χ0v) is 10.4. The van der Waals surface area contributed by atoms with Crippen LogP contribution in [0.15, 0.2) is 0 Å². The maximum absolute atomic E-state index is 12.9. The summed E-state index contributed by atoms with van der Waals surface area (Å²) in [5.41, 5.74) is -2.99. The first kappa shape index (κ1) is 15.3. The molecule has 0 radical (unpaired) electrons. The van der Waals surface area contributed by atoms with E-state index in [1.54, 1.807) is 0 Å². The van der Waals surface area contributed by atoms with Crippen molar-refractivity contribution in [1.29, 1.82) is 0 Å². The SMILES string of the molecule is CCC(C)(CC(C)(C)C(=O)OC)C(F)(F)F. The second-order valence-corrected chi connectivity index (χ2v) is 4.96. The van der Waals surface area contributed by atoms with Crippen LogP contribution in [-0.4, -0.2) is 19.3 Å². The minimum absolute atomic E-state index is 0.0586. The molecule has 0 aromatic rings. The van der Waals surface area contributed by atoms with Gasteiger partial charge in [0.15, 0.2) is 0 Å². The number of rotatable bonds is 4. The Balaban J connectivity index is 5.00. The van der Waals surface area contributed by atoms with Crippen molar-refractivity contribution in [1.82, 2.24) is 0 Å². The van der Waals surface area contributed by atoms with Crippen LogP contribution in [0.3, 0.4) is 0 Å². The number of hydrogen-bond donors (Lipinski definition) is 0. The van der Waals surface area contributed by atoms with Gasteiger partial charge in [0.05, 0.1) is 17.9 Å². The van der Waals surface area contributed by atoms with Gasteiger partial charge in [0.25, 0.3) is 0 Å². The lowest BCUT2D eigenvalue weighted by molar-refractivity contribution is -0.229. The van der Waals surface area contributed by atoms with E-state index in [0.29, 0.717) is 0 Å². The van der Waals surface area contributed by atoms with E-state index in [0.717, 1.165) is 6.92 Å². The van der Waals surface area contributed by atoms with Crippen molar-refractivity contribution in [2.45, 2.75) is 46.7 Å². The number of methoxy groups -OCH3 is 1. The van der Waals surface area contributed by atoms with Crippen LogP contribution >= 0.6 is 0 Å². The molecule has 16 heavy (non-hydrogen) atoms. The van der Waals surface area contributed by atoms with Gasteiger partial charge in [0, 0.05) is 0 Å². The largest absolute Gasteiger partial charge is 0.469 e. The maximum atomic E-state index is 12.9. The van der Waals surface area contributed by atoms with Crippen molar-refractivity contribution >= 4 is 5.97 Å². The van der Waals surface area contributed by atoms with Gasteiger partial charge in [-0.05, 0) is 26.7 Å². The summed E-state index contributed by atoms with van der Waals surface area (Å²) in [5.74, 6) is -0.614. The van der Waals surface area contributed by atoms with Crippen LogP contribution in [0.5, 0.6) is 0 Å². The average Bonchev–Trinajstić information content (AvgIpc) is 2.13. The zero-order chi connectivity index (χ0) is 13.2. The predicted octanol–water partition coefficient (Wildman–Crippen LogP) is 3.55. The first-order chi connectivity index (χ1) is 7.00. The third-order valence-corrected chi connectivity index (χ3v) is 3.03. The van der Waals surface area contributed by atoms with Crippen molar-refractivity contribution < 1.29 is 22.7 Å². The van der Waals surface area contributed by atoms with E-state index in [1.165, 1.54) is 27.9 Å². The van der Waals surface area contributed by atoms with Crippen molar-refractivity contribution in [3.63, 3.8) is 0 Å². The Labute approximate surface area is 94.2 Å². The molecule has 1 atom stereocenters. The molecule has 0 N–H and O–H groups in total. The van der Waals surface area contributed by atoms with Gasteiger partial charge < -0.3 is 4.74 Å². The van der Waals surface area contributed by atoms with Crippen LogP contribution in [0, 0.1) is 10.8 Å². The quantitative estimate of drug-likeness (QED) is 0.702. The van der Waals surface area contributed by atoms with Crippen LogP contribution in [-0.2, 0) is 9.53 Å². The van der Waals surface area contributed by atoms with E-state index < -0.39 is 23.0 Å². The fourth-order valence-corrected chi connectivity index (χ4v) is 1.75. The fraction of sp³-hybridized carbons (Fsp3) is 0.909. The monoisotopic (exact) mass is 240 g/mol. The highest BCUT2D eigenvalue weighted by atomic mass is 19.4. The molecule has 0 saturated carbocycles. The first-order valence-corrected chi connectivity index (χ1v) is 5.15. The third-order valence-electron chi connectivity index (χ3n) is 3.03. The molecule has 5 heteroatoms. The number of hydrogen-bond acceptors (Lipinski definition) is 2. The number of esters is 1. The van der Waals surface area contributed by atoms with E-state index in [4.69, 9.17) is 0 Å². The minimum atomic E-state index is -4.31. The molecular weight excluding hydrogens is 221 g/mol. The highest BCUT2D eigenvalue weighted by Crippen LogP contribution is 2.48. The first-order valence-electron chi connectivity index (χ1n) is 5.15. The molecule has 0 aliphatic rings. The van der Waals surface area contributed by atoms with Gasteiger partial charge in [-0.2, -0.15) is 13.2 Å². The van der Waals surface area contributed by atoms with Gasteiger partial charge in [0.1, 0.15) is 0 Å². The van der Waals surface area contributed by atoms with E-state index in [2.05, 4.69) is 4.74 Å². The topological polar surface area (TPSA) is 26.3 Å². The smallest absolute Gasteiger partial charge is 0.394 e. The highest BCUT2D eigenvalue weighted by molar-refractivity contribution is 5.75. The highest BCUT2D eigenvalue weighted by Gasteiger charge is 2.53. The van der Waals surface area contributed by atoms with Crippen molar-refractivity contribution in [3.05, 3.63) is 0 Å². The number of carbonyl (C=O) groups excluding carboxylic acids is 1. The van der Waals surface area contributed by atoms with Gasteiger partial charge in [-0.15, -0.1) is 0 Å². The van der Waals surface area contributed by atoms with Gasteiger partial charge in [-0.25, -0.2) is 0 Å². The summed E-state index contributed by atoms with van der Waals surface area (Å²) in [5, 5.41) is 0. The molecule has 0 rings (SSSR count).